The van der Waals surface area contributed by atoms with Gasteiger partial charge in [-0.25, -0.2) is 4.39 Å². The molecule has 0 spiro atoms. The summed E-state index contributed by atoms with van der Waals surface area (Å²) < 4.78 is 12.7. The molecular formula is C12H15ClFN. The summed E-state index contributed by atoms with van der Waals surface area (Å²) in [6.45, 7) is 2.33. The molecule has 1 saturated carbocycles. The molecule has 3 heteroatoms. The van der Waals surface area contributed by atoms with Crippen molar-refractivity contribution in [2.24, 2.45) is 11.3 Å². The van der Waals surface area contributed by atoms with Gasteiger partial charge in [0.05, 0.1) is 0 Å². The molecule has 2 unspecified atom stereocenters. The summed E-state index contributed by atoms with van der Waals surface area (Å²) in [6.07, 6.45) is 2.47. The normalized spacial score (nSPS) is 31.9. The average Bonchev–Trinajstić information content (AvgIpc) is 2.72. The summed E-state index contributed by atoms with van der Waals surface area (Å²) >= 11 is 0. The van der Waals surface area contributed by atoms with Gasteiger partial charge in [0.1, 0.15) is 5.82 Å². The van der Waals surface area contributed by atoms with E-state index < -0.39 is 0 Å². The Kier molecular flexibility index (Phi) is 2.73. The lowest BCUT2D eigenvalue weighted by Crippen LogP contribution is -2.17. The van der Waals surface area contributed by atoms with Crippen LogP contribution in [0.3, 0.4) is 0 Å². The first-order valence-corrected chi connectivity index (χ1v) is 5.24. The molecule has 3 rings (SSSR count). The molecule has 1 nitrogen and oxygen atoms in total. The molecule has 1 saturated heterocycles. The summed E-state index contributed by atoms with van der Waals surface area (Å²) in [6, 6.07) is 6.95. The van der Waals surface area contributed by atoms with Crippen LogP contribution in [0.2, 0.25) is 0 Å². The van der Waals surface area contributed by atoms with E-state index in [1.54, 1.807) is 12.1 Å². The number of hydrogen-bond acceptors (Lipinski definition) is 1. The minimum absolute atomic E-state index is 0. The molecule has 2 fully saturated rings. The Morgan fingerprint density at radius 1 is 1.33 bits per heavy atom. The first-order valence-electron chi connectivity index (χ1n) is 5.24. The number of hydrogen-bond donors (Lipinski definition) is 1. The van der Waals surface area contributed by atoms with Gasteiger partial charge in [-0.05, 0) is 48.4 Å². The summed E-state index contributed by atoms with van der Waals surface area (Å²) in [7, 11) is 0. The molecule has 0 bridgehead atoms. The zero-order valence-corrected chi connectivity index (χ0v) is 9.32. The standard InChI is InChI=1S/C12H14FN.ClH/c13-11-3-1-9(2-4-11)5-12-6-10(12)7-14-8-12;/h1-4,10,14H,5-8H2;1H. The summed E-state index contributed by atoms with van der Waals surface area (Å²) in [5.74, 6) is 0.746. The zero-order valence-electron chi connectivity index (χ0n) is 8.50. The van der Waals surface area contributed by atoms with Gasteiger partial charge in [-0.3, -0.25) is 0 Å². The van der Waals surface area contributed by atoms with Gasteiger partial charge in [-0.2, -0.15) is 0 Å². The molecule has 1 N–H and O–H groups in total. The molecule has 1 aromatic rings. The number of nitrogens with one attached hydrogen (secondary N) is 1. The topological polar surface area (TPSA) is 12.0 Å². The summed E-state index contributed by atoms with van der Waals surface area (Å²) in [4.78, 5) is 0. The van der Waals surface area contributed by atoms with E-state index in [-0.39, 0.29) is 18.2 Å². The number of fused-ring (bicyclic) bond motifs is 1. The molecule has 1 aromatic carbocycles. The van der Waals surface area contributed by atoms with Crippen LogP contribution >= 0.6 is 12.4 Å². The molecule has 1 heterocycles. The molecular weight excluding hydrogens is 213 g/mol. The molecule has 82 valence electrons. The van der Waals surface area contributed by atoms with Crippen LogP contribution in [0.1, 0.15) is 12.0 Å². The highest BCUT2D eigenvalue weighted by Gasteiger charge is 2.56. The van der Waals surface area contributed by atoms with Crippen molar-refractivity contribution in [2.75, 3.05) is 13.1 Å². The van der Waals surface area contributed by atoms with Gasteiger partial charge in [0.15, 0.2) is 0 Å². The highest BCUT2D eigenvalue weighted by atomic mass is 35.5. The third-order valence-corrected chi connectivity index (χ3v) is 3.70. The lowest BCUT2D eigenvalue weighted by molar-refractivity contribution is 0.511. The van der Waals surface area contributed by atoms with Crippen LogP contribution in [0.25, 0.3) is 0 Å². The van der Waals surface area contributed by atoms with E-state index in [2.05, 4.69) is 5.32 Å². The minimum Gasteiger partial charge on any atom is -0.316 e. The van der Waals surface area contributed by atoms with Crippen LogP contribution in [0, 0.1) is 17.2 Å². The summed E-state index contributed by atoms with van der Waals surface area (Å²) in [5.41, 5.74) is 1.80. The molecule has 1 aliphatic carbocycles. The fourth-order valence-corrected chi connectivity index (χ4v) is 2.72. The van der Waals surface area contributed by atoms with E-state index in [9.17, 15) is 4.39 Å². The van der Waals surface area contributed by atoms with Crippen molar-refractivity contribution < 1.29 is 4.39 Å². The molecule has 15 heavy (non-hydrogen) atoms. The molecule has 0 radical (unpaired) electrons. The van der Waals surface area contributed by atoms with E-state index in [1.165, 1.54) is 18.5 Å². The van der Waals surface area contributed by atoms with Crippen molar-refractivity contribution >= 4 is 12.4 Å². The fraction of sp³-hybridized carbons (Fsp3) is 0.500. The number of halogens is 2. The Bertz CT molecular complexity index is 351. The van der Waals surface area contributed by atoms with Crippen LogP contribution in [0.5, 0.6) is 0 Å². The van der Waals surface area contributed by atoms with Crippen LogP contribution < -0.4 is 5.32 Å². The highest BCUT2D eigenvalue weighted by Crippen LogP contribution is 2.56. The number of rotatable bonds is 2. The second-order valence-corrected chi connectivity index (χ2v) is 4.70. The second kappa shape index (κ2) is 3.76. The van der Waals surface area contributed by atoms with Crippen LogP contribution in [0.15, 0.2) is 24.3 Å². The van der Waals surface area contributed by atoms with Gasteiger partial charge < -0.3 is 5.32 Å². The molecule has 2 atom stereocenters. The summed E-state index contributed by atoms with van der Waals surface area (Å²) in [5, 5.41) is 3.42. The molecule has 0 amide bonds. The Hall–Kier alpha value is -0.600. The van der Waals surface area contributed by atoms with Crippen molar-refractivity contribution in [2.45, 2.75) is 12.8 Å². The quantitative estimate of drug-likeness (QED) is 0.818. The lowest BCUT2D eigenvalue weighted by atomic mass is 9.96. The van der Waals surface area contributed by atoms with Gasteiger partial charge in [-0.15, -0.1) is 12.4 Å². The first-order chi connectivity index (χ1) is 6.78. The maximum Gasteiger partial charge on any atom is 0.123 e. The lowest BCUT2D eigenvalue weighted by Gasteiger charge is -2.11. The van der Waals surface area contributed by atoms with E-state index in [1.807, 2.05) is 12.1 Å². The van der Waals surface area contributed by atoms with Crippen LogP contribution in [-0.2, 0) is 6.42 Å². The third-order valence-electron chi connectivity index (χ3n) is 3.70. The largest absolute Gasteiger partial charge is 0.316 e. The maximum absolute atomic E-state index is 12.7. The van der Waals surface area contributed by atoms with Gasteiger partial charge in [-0.1, -0.05) is 12.1 Å². The van der Waals surface area contributed by atoms with Crippen molar-refractivity contribution in [3.63, 3.8) is 0 Å². The Balaban J connectivity index is 0.000000853. The third kappa shape index (κ3) is 1.88. The van der Waals surface area contributed by atoms with E-state index in [4.69, 9.17) is 0 Å². The van der Waals surface area contributed by atoms with Crippen LogP contribution in [0.4, 0.5) is 4.39 Å². The first kappa shape index (κ1) is 10.9. The van der Waals surface area contributed by atoms with Gasteiger partial charge >= 0.3 is 0 Å². The highest BCUT2D eigenvalue weighted by molar-refractivity contribution is 5.85. The Morgan fingerprint density at radius 3 is 2.60 bits per heavy atom. The Labute approximate surface area is 95.5 Å². The van der Waals surface area contributed by atoms with Crippen molar-refractivity contribution in [1.82, 2.24) is 5.32 Å². The molecule has 1 aliphatic heterocycles. The Morgan fingerprint density at radius 2 is 2.07 bits per heavy atom. The monoisotopic (exact) mass is 227 g/mol. The van der Waals surface area contributed by atoms with Crippen molar-refractivity contribution in [3.05, 3.63) is 35.6 Å². The number of piperidine rings is 1. The van der Waals surface area contributed by atoms with E-state index >= 15 is 0 Å². The average molecular weight is 228 g/mol. The van der Waals surface area contributed by atoms with Gasteiger partial charge in [0.2, 0.25) is 0 Å². The fourth-order valence-electron chi connectivity index (χ4n) is 2.72. The van der Waals surface area contributed by atoms with Gasteiger partial charge in [0.25, 0.3) is 0 Å². The maximum atomic E-state index is 12.7. The van der Waals surface area contributed by atoms with Crippen molar-refractivity contribution in [3.8, 4) is 0 Å². The SMILES string of the molecule is Cl.Fc1ccc(CC23CNCC2C3)cc1. The van der Waals surface area contributed by atoms with Gasteiger partial charge in [0, 0.05) is 6.54 Å². The smallest absolute Gasteiger partial charge is 0.123 e. The minimum atomic E-state index is -0.136. The second-order valence-electron chi connectivity index (χ2n) is 4.70. The van der Waals surface area contributed by atoms with E-state index in [0.29, 0.717) is 5.41 Å². The van der Waals surface area contributed by atoms with Crippen molar-refractivity contribution in [1.29, 1.82) is 0 Å². The molecule has 2 aliphatic rings. The predicted molar refractivity (Wildman–Crippen MR) is 60.8 cm³/mol. The number of benzene rings is 1. The van der Waals surface area contributed by atoms with Crippen LogP contribution in [-0.4, -0.2) is 13.1 Å². The van der Waals surface area contributed by atoms with E-state index in [0.717, 1.165) is 18.9 Å². The zero-order chi connectivity index (χ0) is 9.60. The predicted octanol–water partition coefficient (Wildman–Crippen LogP) is 2.40. The molecule has 0 aromatic heterocycles.